The van der Waals surface area contributed by atoms with Crippen molar-refractivity contribution in [3.05, 3.63) is 23.3 Å². The Kier molecular flexibility index (Phi) is 9.82. The van der Waals surface area contributed by atoms with Gasteiger partial charge >= 0.3 is 0 Å². The molecule has 1 amide bonds. The maximum atomic E-state index is 10.8. The van der Waals surface area contributed by atoms with Crippen molar-refractivity contribution < 1.29 is 14.6 Å². The SMILES string of the molecule is CC1=CC=C(CN2CCOC(CNC(O)CSc3nnc(SCC(N)=O)s3)C2)CC1C. The number of amides is 1. The number of nitrogens with zero attached hydrogens (tertiary/aromatic N) is 3. The number of rotatable bonds is 11. The van der Waals surface area contributed by atoms with Crippen LogP contribution in [0.25, 0.3) is 0 Å². The van der Waals surface area contributed by atoms with Gasteiger partial charge in [0.25, 0.3) is 0 Å². The van der Waals surface area contributed by atoms with E-state index in [1.807, 2.05) is 0 Å². The number of morpholine rings is 1. The van der Waals surface area contributed by atoms with Crippen LogP contribution in [0.1, 0.15) is 20.3 Å². The van der Waals surface area contributed by atoms with E-state index in [4.69, 9.17) is 10.5 Å². The van der Waals surface area contributed by atoms with Crippen molar-refractivity contribution in [2.24, 2.45) is 11.7 Å². The average Bonchev–Trinajstić information content (AvgIpc) is 3.20. The normalized spacial score (nSPS) is 23.3. The maximum absolute atomic E-state index is 10.8. The number of primary amides is 1. The molecule has 0 aromatic carbocycles. The van der Waals surface area contributed by atoms with Crippen molar-refractivity contribution in [1.29, 1.82) is 0 Å². The molecule has 172 valence electrons. The van der Waals surface area contributed by atoms with Crippen LogP contribution in [-0.4, -0.2) is 82.7 Å². The number of thioether (sulfide) groups is 2. The summed E-state index contributed by atoms with van der Waals surface area (Å²) in [7, 11) is 0. The number of aliphatic hydroxyl groups excluding tert-OH is 1. The molecule has 3 atom stereocenters. The van der Waals surface area contributed by atoms with E-state index in [9.17, 15) is 9.90 Å². The Bertz CT molecular complexity index is 801. The maximum Gasteiger partial charge on any atom is 0.227 e. The van der Waals surface area contributed by atoms with Crippen LogP contribution in [0, 0.1) is 5.92 Å². The smallest absolute Gasteiger partial charge is 0.227 e. The van der Waals surface area contributed by atoms with Crippen LogP contribution >= 0.6 is 34.9 Å². The molecule has 0 radical (unpaired) electrons. The summed E-state index contributed by atoms with van der Waals surface area (Å²) >= 11 is 4.11. The van der Waals surface area contributed by atoms with Crippen molar-refractivity contribution in [3.8, 4) is 0 Å². The molecule has 0 saturated carbocycles. The molecule has 1 fully saturated rings. The fraction of sp³-hybridized carbons (Fsp3) is 0.650. The van der Waals surface area contributed by atoms with Gasteiger partial charge in [0.15, 0.2) is 8.68 Å². The van der Waals surface area contributed by atoms with Gasteiger partial charge in [0.1, 0.15) is 6.23 Å². The van der Waals surface area contributed by atoms with Gasteiger partial charge < -0.3 is 15.6 Å². The van der Waals surface area contributed by atoms with Gasteiger partial charge in [-0.25, -0.2) is 0 Å². The van der Waals surface area contributed by atoms with E-state index in [1.54, 1.807) is 0 Å². The van der Waals surface area contributed by atoms with Gasteiger partial charge in [0.05, 0.1) is 18.5 Å². The number of hydrogen-bond acceptors (Lipinski definition) is 10. The second-order valence-electron chi connectivity index (χ2n) is 7.89. The molecule has 0 spiro atoms. The second-order valence-corrected chi connectivity index (χ2v) is 11.4. The first kappa shape index (κ1) is 24.7. The first-order chi connectivity index (χ1) is 14.9. The van der Waals surface area contributed by atoms with E-state index in [2.05, 4.69) is 46.4 Å². The lowest BCUT2D eigenvalue weighted by atomic mass is 9.89. The van der Waals surface area contributed by atoms with Crippen LogP contribution in [-0.2, 0) is 9.53 Å². The highest BCUT2D eigenvalue weighted by atomic mass is 32.2. The lowest BCUT2D eigenvalue weighted by Crippen LogP contribution is -2.49. The van der Waals surface area contributed by atoms with E-state index in [0.717, 1.165) is 30.4 Å². The molecule has 0 bridgehead atoms. The predicted octanol–water partition coefficient (Wildman–Crippen LogP) is 1.73. The topological polar surface area (TPSA) is 114 Å². The first-order valence-corrected chi connectivity index (χ1v) is 13.2. The van der Waals surface area contributed by atoms with E-state index in [0.29, 0.717) is 29.2 Å². The largest absolute Gasteiger partial charge is 0.378 e. The molecule has 1 saturated heterocycles. The number of nitrogens with two attached hydrogens (primary N) is 1. The van der Waals surface area contributed by atoms with Gasteiger partial charge in [-0.3, -0.25) is 15.0 Å². The lowest BCUT2D eigenvalue weighted by Gasteiger charge is -2.34. The number of carbonyl (C=O) groups is 1. The lowest BCUT2D eigenvalue weighted by molar-refractivity contribution is -0.115. The van der Waals surface area contributed by atoms with Crippen molar-refractivity contribution in [1.82, 2.24) is 20.4 Å². The third kappa shape index (κ3) is 8.49. The first-order valence-electron chi connectivity index (χ1n) is 10.4. The van der Waals surface area contributed by atoms with Crippen LogP contribution in [0.3, 0.4) is 0 Å². The van der Waals surface area contributed by atoms with Crippen molar-refractivity contribution in [2.75, 3.05) is 44.3 Å². The standard InChI is InChI=1S/C20H31N5O3S3/c1-13-3-4-15(7-14(13)2)9-25-5-6-28-16(10-25)8-22-18(27)12-30-20-24-23-19(31-20)29-11-17(21)26/h3-4,14,16,18,22,27H,5-12H2,1-2H3,(H2,21,26). The van der Waals surface area contributed by atoms with Gasteiger partial charge in [-0.2, -0.15) is 0 Å². The summed E-state index contributed by atoms with van der Waals surface area (Å²) in [4.78, 5) is 13.3. The molecule has 2 heterocycles. The molecular weight excluding hydrogens is 454 g/mol. The van der Waals surface area contributed by atoms with Crippen LogP contribution < -0.4 is 11.1 Å². The predicted molar refractivity (Wildman–Crippen MR) is 126 cm³/mol. The summed E-state index contributed by atoms with van der Waals surface area (Å²) < 4.78 is 7.34. The highest BCUT2D eigenvalue weighted by Crippen LogP contribution is 2.29. The van der Waals surface area contributed by atoms with E-state index in [1.165, 1.54) is 46.0 Å². The van der Waals surface area contributed by atoms with Gasteiger partial charge in [0, 0.05) is 31.9 Å². The van der Waals surface area contributed by atoms with Crippen LogP contribution in [0.5, 0.6) is 0 Å². The zero-order valence-corrected chi connectivity index (χ0v) is 20.4. The van der Waals surface area contributed by atoms with Gasteiger partial charge in [0.2, 0.25) is 5.91 Å². The highest BCUT2D eigenvalue weighted by molar-refractivity contribution is 8.03. The number of hydrogen-bond donors (Lipinski definition) is 3. The number of aromatic nitrogens is 2. The summed E-state index contributed by atoms with van der Waals surface area (Å²) in [6.07, 6.45) is 5.04. The quantitative estimate of drug-likeness (QED) is 0.318. The highest BCUT2D eigenvalue weighted by Gasteiger charge is 2.23. The van der Waals surface area contributed by atoms with Crippen molar-refractivity contribution >= 4 is 40.8 Å². The zero-order valence-electron chi connectivity index (χ0n) is 18.0. The molecule has 11 heteroatoms. The van der Waals surface area contributed by atoms with Gasteiger partial charge in [-0.1, -0.05) is 65.1 Å². The fourth-order valence-electron chi connectivity index (χ4n) is 3.41. The zero-order chi connectivity index (χ0) is 22.2. The molecule has 1 aromatic heterocycles. The Balaban J connectivity index is 1.35. The molecule has 8 nitrogen and oxygen atoms in total. The molecule has 2 aliphatic rings. The van der Waals surface area contributed by atoms with Crippen LogP contribution in [0.2, 0.25) is 0 Å². The summed E-state index contributed by atoms with van der Waals surface area (Å²) in [5.41, 5.74) is 8.07. The Hall–Kier alpha value is -0.950. The molecule has 1 aliphatic carbocycles. The molecule has 1 aliphatic heterocycles. The number of ether oxygens (including phenoxy) is 1. The molecular formula is C20H31N5O3S3. The molecule has 3 rings (SSSR count). The Morgan fingerprint density at radius 1 is 1.42 bits per heavy atom. The number of aliphatic hydroxyl groups is 1. The third-order valence-corrected chi connectivity index (χ3v) is 8.54. The number of nitrogens with one attached hydrogen (secondary N) is 1. The Morgan fingerprint density at radius 3 is 2.94 bits per heavy atom. The molecule has 1 aromatic rings. The number of allylic oxidation sites excluding steroid dienone is 3. The summed E-state index contributed by atoms with van der Waals surface area (Å²) in [5.74, 6) is 0.891. The summed E-state index contributed by atoms with van der Waals surface area (Å²) in [6, 6.07) is 0. The minimum Gasteiger partial charge on any atom is -0.378 e. The number of carbonyl (C=O) groups excluding carboxylic acids is 1. The Morgan fingerprint density at radius 2 is 2.19 bits per heavy atom. The minimum absolute atomic E-state index is 0.0608. The minimum atomic E-state index is -0.662. The third-order valence-electron chi connectivity index (χ3n) is 5.25. The van der Waals surface area contributed by atoms with Crippen molar-refractivity contribution in [2.45, 2.75) is 41.3 Å². The molecule has 4 N–H and O–H groups in total. The van der Waals surface area contributed by atoms with E-state index < -0.39 is 6.23 Å². The van der Waals surface area contributed by atoms with E-state index >= 15 is 0 Å². The average molecular weight is 486 g/mol. The van der Waals surface area contributed by atoms with Gasteiger partial charge in [-0.05, 0) is 19.3 Å². The summed E-state index contributed by atoms with van der Waals surface area (Å²) in [5, 5.41) is 21.5. The molecule has 31 heavy (non-hydrogen) atoms. The van der Waals surface area contributed by atoms with Crippen molar-refractivity contribution in [3.63, 3.8) is 0 Å². The second kappa shape index (κ2) is 12.3. The molecule has 3 unspecified atom stereocenters. The Labute approximate surface area is 196 Å². The van der Waals surface area contributed by atoms with Crippen LogP contribution in [0.4, 0.5) is 0 Å². The fourth-order valence-corrected chi connectivity index (χ4v) is 6.09. The summed E-state index contributed by atoms with van der Waals surface area (Å²) in [6.45, 7) is 8.58. The van der Waals surface area contributed by atoms with Crippen LogP contribution in [0.15, 0.2) is 32.0 Å². The van der Waals surface area contributed by atoms with Gasteiger partial charge in [-0.15, -0.1) is 10.2 Å². The monoisotopic (exact) mass is 485 g/mol. The van der Waals surface area contributed by atoms with E-state index in [-0.39, 0.29) is 17.8 Å².